The summed E-state index contributed by atoms with van der Waals surface area (Å²) in [7, 11) is 0. The second kappa shape index (κ2) is 5.59. The van der Waals surface area contributed by atoms with Crippen LogP contribution in [0, 0.1) is 11.3 Å². The van der Waals surface area contributed by atoms with Crippen molar-refractivity contribution in [3.8, 4) is 11.3 Å². The fourth-order valence-electron chi connectivity index (χ4n) is 3.25. The quantitative estimate of drug-likeness (QED) is 0.940. The Bertz CT molecular complexity index is 661. The van der Waals surface area contributed by atoms with Gasteiger partial charge < -0.3 is 9.84 Å². The maximum absolute atomic E-state index is 11.2. The molecular formula is C18H22N2O2. The first kappa shape index (κ1) is 14.8. The number of aromatic nitrogens is 1. The fraction of sp³-hybridized carbons (Fsp3) is 0.444. The highest BCUT2D eigenvalue weighted by molar-refractivity contribution is 5.73. The summed E-state index contributed by atoms with van der Waals surface area (Å²) < 4.78 is 5.46. The van der Waals surface area contributed by atoms with E-state index in [9.17, 15) is 4.79 Å². The van der Waals surface area contributed by atoms with Crippen LogP contribution in [0.4, 0.5) is 0 Å². The van der Waals surface area contributed by atoms with Crippen LogP contribution in [0.3, 0.4) is 0 Å². The van der Waals surface area contributed by atoms with Gasteiger partial charge >= 0.3 is 0 Å². The maximum atomic E-state index is 11.2. The molecular weight excluding hydrogens is 276 g/mol. The van der Waals surface area contributed by atoms with Gasteiger partial charge in [-0.2, -0.15) is 0 Å². The molecule has 1 heterocycles. The number of rotatable bonds is 4. The van der Waals surface area contributed by atoms with Gasteiger partial charge in [0.1, 0.15) is 0 Å². The van der Waals surface area contributed by atoms with Gasteiger partial charge in [-0.05, 0) is 24.2 Å². The van der Waals surface area contributed by atoms with Gasteiger partial charge in [0.2, 0.25) is 5.91 Å². The van der Waals surface area contributed by atoms with E-state index in [2.05, 4.69) is 24.3 Å². The van der Waals surface area contributed by atoms with Gasteiger partial charge in [-0.15, -0.1) is 0 Å². The fourth-order valence-corrected chi connectivity index (χ4v) is 3.25. The molecule has 0 aliphatic heterocycles. The van der Waals surface area contributed by atoms with E-state index in [1.165, 1.54) is 0 Å². The van der Waals surface area contributed by atoms with Gasteiger partial charge in [0, 0.05) is 24.6 Å². The normalized spacial score (nSPS) is 22.9. The van der Waals surface area contributed by atoms with E-state index in [1.54, 1.807) is 6.92 Å². The highest BCUT2D eigenvalue weighted by Crippen LogP contribution is 2.47. The van der Waals surface area contributed by atoms with Gasteiger partial charge in [0.05, 0.1) is 5.69 Å². The van der Waals surface area contributed by atoms with Crippen LogP contribution in [0.2, 0.25) is 0 Å². The van der Waals surface area contributed by atoms with Crippen LogP contribution in [0.15, 0.2) is 40.9 Å². The minimum atomic E-state index is 0.0457. The molecule has 1 aromatic carbocycles. The maximum Gasteiger partial charge on any atom is 0.217 e. The third-order valence-electron chi connectivity index (χ3n) is 4.92. The summed E-state index contributed by atoms with van der Waals surface area (Å²) in [6.45, 7) is 5.99. The Morgan fingerprint density at radius 1 is 1.36 bits per heavy atom. The lowest BCUT2D eigenvalue weighted by Gasteiger charge is -2.52. The van der Waals surface area contributed by atoms with Gasteiger partial charge in [-0.25, -0.2) is 0 Å². The highest BCUT2D eigenvalue weighted by Gasteiger charge is 2.48. The summed E-state index contributed by atoms with van der Waals surface area (Å²) in [5.74, 6) is 1.37. The standard InChI is InChI=1S/C18H22N2O2/c1-12(21)19-17-10-14(18(17,2)3)9-15-11-16(22-20-15)13-7-5-4-6-8-13/h4-8,11,14,17H,9-10H2,1-3H3,(H,19,21). The monoisotopic (exact) mass is 298 g/mol. The summed E-state index contributed by atoms with van der Waals surface area (Å²) in [6.07, 6.45) is 1.89. The molecule has 4 heteroatoms. The molecule has 22 heavy (non-hydrogen) atoms. The Balaban J connectivity index is 1.66. The summed E-state index contributed by atoms with van der Waals surface area (Å²) in [5.41, 5.74) is 2.13. The average Bonchev–Trinajstić information content (AvgIpc) is 2.95. The Kier molecular flexibility index (Phi) is 3.77. The number of benzene rings is 1. The first-order valence-corrected chi connectivity index (χ1v) is 7.75. The molecule has 1 fully saturated rings. The Morgan fingerprint density at radius 3 is 2.73 bits per heavy atom. The summed E-state index contributed by atoms with van der Waals surface area (Å²) in [4.78, 5) is 11.2. The first-order chi connectivity index (χ1) is 10.5. The van der Waals surface area contributed by atoms with E-state index in [0.717, 1.165) is 29.9 Å². The molecule has 1 aliphatic rings. The van der Waals surface area contributed by atoms with Crippen molar-refractivity contribution in [2.24, 2.45) is 11.3 Å². The molecule has 1 saturated carbocycles. The molecule has 2 aromatic rings. The number of hydrogen-bond donors (Lipinski definition) is 1. The summed E-state index contributed by atoms with van der Waals surface area (Å²) in [5, 5.41) is 7.24. The zero-order valence-corrected chi connectivity index (χ0v) is 13.3. The summed E-state index contributed by atoms with van der Waals surface area (Å²) in [6, 6.07) is 12.3. The molecule has 4 nitrogen and oxygen atoms in total. The lowest BCUT2D eigenvalue weighted by atomic mass is 9.57. The van der Waals surface area contributed by atoms with Crippen molar-refractivity contribution in [3.63, 3.8) is 0 Å². The molecule has 0 spiro atoms. The van der Waals surface area contributed by atoms with E-state index < -0.39 is 0 Å². The number of carbonyl (C=O) groups excluding carboxylic acids is 1. The van der Waals surface area contributed by atoms with Crippen LogP contribution in [0.1, 0.15) is 32.9 Å². The van der Waals surface area contributed by atoms with Gasteiger partial charge in [0.15, 0.2) is 5.76 Å². The third-order valence-corrected chi connectivity index (χ3v) is 4.92. The first-order valence-electron chi connectivity index (χ1n) is 7.75. The average molecular weight is 298 g/mol. The Morgan fingerprint density at radius 2 is 2.09 bits per heavy atom. The largest absolute Gasteiger partial charge is 0.356 e. The number of hydrogen-bond acceptors (Lipinski definition) is 3. The van der Waals surface area contributed by atoms with E-state index in [1.807, 2.05) is 36.4 Å². The molecule has 0 radical (unpaired) electrons. The number of amides is 1. The van der Waals surface area contributed by atoms with Crippen LogP contribution in [0.25, 0.3) is 11.3 Å². The molecule has 2 atom stereocenters. The van der Waals surface area contributed by atoms with Crippen molar-refractivity contribution in [3.05, 3.63) is 42.1 Å². The highest BCUT2D eigenvalue weighted by atomic mass is 16.5. The van der Waals surface area contributed by atoms with Gasteiger partial charge in [-0.3, -0.25) is 4.79 Å². The number of nitrogens with one attached hydrogen (secondary N) is 1. The van der Waals surface area contributed by atoms with Crippen molar-refractivity contribution >= 4 is 5.91 Å². The van der Waals surface area contributed by atoms with Crippen molar-refractivity contribution in [2.45, 2.75) is 39.7 Å². The predicted molar refractivity (Wildman–Crippen MR) is 85.1 cm³/mol. The van der Waals surface area contributed by atoms with Crippen LogP contribution in [0.5, 0.6) is 0 Å². The molecule has 1 amide bonds. The number of carbonyl (C=O) groups is 1. The van der Waals surface area contributed by atoms with Crippen LogP contribution in [-0.4, -0.2) is 17.1 Å². The smallest absolute Gasteiger partial charge is 0.217 e. The van der Waals surface area contributed by atoms with E-state index in [0.29, 0.717) is 5.92 Å². The Labute approximate surface area is 130 Å². The minimum absolute atomic E-state index is 0.0457. The minimum Gasteiger partial charge on any atom is -0.356 e. The zero-order chi connectivity index (χ0) is 15.7. The predicted octanol–water partition coefficient (Wildman–Crippen LogP) is 3.43. The van der Waals surface area contributed by atoms with E-state index >= 15 is 0 Å². The lowest BCUT2D eigenvalue weighted by molar-refractivity contribution is -0.123. The molecule has 1 aromatic heterocycles. The molecule has 2 unspecified atom stereocenters. The summed E-state index contributed by atoms with van der Waals surface area (Å²) >= 11 is 0. The van der Waals surface area contributed by atoms with E-state index in [4.69, 9.17) is 4.52 Å². The second-order valence-corrected chi connectivity index (χ2v) is 6.76. The van der Waals surface area contributed by atoms with Crippen molar-refractivity contribution in [1.82, 2.24) is 10.5 Å². The molecule has 116 valence electrons. The second-order valence-electron chi connectivity index (χ2n) is 6.76. The van der Waals surface area contributed by atoms with Crippen LogP contribution < -0.4 is 5.32 Å². The molecule has 0 saturated heterocycles. The van der Waals surface area contributed by atoms with Crippen LogP contribution in [-0.2, 0) is 11.2 Å². The van der Waals surface area contributed by atoms with Crippen molar-refractivity contribution < 1.29 is 9.32 Å². The SMILES string of the molecule is CC(=O)NC1CC(Cc2cc(-c3ccccc3)on2)C1(C)C. The molecule has 3 rings (SSSR count). The molecule has 0 bridgehead atoms. The van der Waals surface area contributed by atoms with Crippen LogP contribution >= 0.6 is 0 Å². The Hall–Kier alpha value is -2.10. The van der Waals surface area contributed by atoms with E-state index in [-0.39, 0.29) is 17.4 Å². The topological polar surface area (TPSA) is 55.1 Å². The van der Waals surface area contributed by atoms with Crippen molar-refractivity contribution in [1.29, 1.82) is 0 Å². The van der Waals surface area contributed by atoms with Gasteiger partial charge in [0.25, 0.3) is 0 Å². The van der Waals surface area contributed by atoms with Crippen molar-refractivity contribution in [2.75, 3.05) is 0 Å². The molecule has 1 aliphatic carbocycles. The van der Waals surface area contributed by atoms with Gasteiger partial charge in [-0.1, -0.05) is 49.3 Å². The number of nitrogens with zero attached hydrogens (tertiary/aromatic N) is 1. The third kappa shape index (κ3) is 2.78. The zero-order valence-electron chi connectivity index (χ0n) is 13.3. The molecule has 1 N–H and O–H groups in total. The lowest BCUT2D eigenvalue weighted by Crippen LogP contribution is -2.58.